The number of ether oxygens (including phenoxy) is 1. The lowest BCUT2D eigenvalue weighted by atomic mass is 10.2. The van der Waals surface area contributed by atoms with Crippen LogP contribution in [0.2, 0.25) is 10.0 Å². The van der Waals surface area contributed by atoms with Gasteiger partial charge in [0, 0.05) is 17.0 Å². The Labute approximate surface area is 112 Å². The molecule has 0 aromatic heterocycles. The van der Waals surface area contributed by atoms with E-state index in [0.29, 0.717) is 10.6 Å². The molecule has 0 bridgehead atoms. The van der Waals surface area contributed by atoms with Crippen LogP contribution in [0, 0.1) is 0 Å². The second kappa shape index (κ2) is 6.50. The number of aliphatic hydroxyl groups is 1. The molecule has 1 aromatic rings. The number of rotatable bonds is 5. The lowest BCUT2D eigenvalue weighted by Gasteiger charge is -2.13. The number of benzene rings is 1. The van der Waals surface area contributed by atoms with Crippen LogP contribution in [-0.4, -0.2) is 17.9 Å². The van der Waals surface area contributed by atoms with Gasteiger partial charge in [0.1, 0.15) is 5.75 Å². The van der Waals surface area contributed by atoms with Gasteiger partial charge in [0.2, 0.25) is 0 Å². The van der Waals surface area contributed by atoms with Gasteiger partial charge in [-0.2, -0.15) is 13.2 Å². The summed E-state index contributed by atoms with van der Waals surface area (Å²) in [5.41, 5.74) is 0.347. The highest BCUT2D eigenvalue weighted by Crippen LogP contribution is 2.33. The first kappa shape index (κ1) is 15.4. The molecule has 0 aliphatic heterocycles. The monoisotopic (exact) mass is 302 g/mol. The molecule has 2 nitrogen and oxygen atoms in total. The lowest BCUT2D eigenvalue weighted by molar-refractivity contribution is -0.136. The van der Waals surface area contributed by atoms with Crippen LogP contribution in [0.4, 0.5) is 13.2 Å². The van der Waals surface area contributed by atoms with Crippen molar-refractivity contribution >= 4 is 23.2 Å². The van der Waals surface area contributed by atoms with E-state index in [1.165, 1.54) is 12.1 Å². The zero-order valence-electron chi connectivity index (χ0n) is 9.23. The van der Waals surface area contributed by atoms with E-state index in [0.717, 1.165) is 0 Å². The Kier molecular flexibility index (Phi) is 5.56. The van der Waals surface area contributed by atoms with Gasteiger partial charge >= 0.3 is 6.18 Å². The molecule has 0 aliphatic rings. The Morgan fingerprint density at radius 2 is 1.89 bits per heavy atom. The van der Waals surface area contributed by atoms with Gasteiger partial charge in [0.15, 0.2) is 0 Å². The van der Waals surface area contributed by atoms with Crippen LogP contribution in [0.15, 0.2) is 12.1 Å². The van der Waals surface area contributed by atoms with Gasteiger partial charge in [0.25, 0.3) is 0 Å². The Morgan fingerprint density at radius 3 is 2.44 bits per heavy atom. The summed E-state index contributed by atoms with van der Waals surface area (Å²) in [5.74, 6) is 0.172. The maximum Gasteiger partial charge on any atom is 0.389 e. The second-order valence-electron chi connectivity index (χ2n) is 3.60. The highest BCUT2D eigenvalue weighted by molar-refractivity contribution is 6.35. The van der Waals surface area contributed by atoms with Crippen LogP contribution in [0.5, 0.6) is 5.75 Å². The highest BCUT2D eigenvalue weighted by Gasteiger charge is 2.26. The first-order valence-corrected chi connectivity index (χ1v) is 5.87. The van der Waals surface area contributed by atoms with Crippen LogP contribution in [0.1, 0.15) is 18.4 Å². The summed E-state index contributed by atoms with van der Waals surface area (Å²) in [4.78, 5) is 0. The molecule has 0 radical (unpaired) electrons. The largest absolute Gasteiger partial charge is 0.492 e. The van der Waals surface area contributed by atoms with Gasteiger partial charge in [-0.1, -0.05) is 23.2 Å². The zero-order chi connectivity index (χ0) is 13.8. The van der Waals surface area contributed by atoms with Gasteiger partial charge < -0.3 is 9.84 Å². The van der Waals surface area contributed by atoms with Crippen molar-refractivity contribution in [1.29, 1.82) is 0 Å². The van der Waals surface area contributed by atoms with E-state index in [1.54, 1.807) is 0 Å². The molecule has 0 amide bonds. The summed E-state index contributed by atoms with van der Waals surface area (Å²) < 4.78 is 40.9. The second-order valence-corrected chi connectivity index (χ2v) is 4.44. The van der Waals surface area contributed by atoms with Crippen LogP contribution in [-0.2, 0) is 6.61 Å². The molecule has 0 fully saturated rings. The maximum absolute atomic E-state index is 11.9. The number of hydrogen-bond acceptors (Lipinski definition) is 2. The molecule has 0 atom stereocenters. The van der Waals surface area contributed by atoms with E-state index in [1.807, 2.05) is 0 Å². The first-order valence-electron chi connectivity index (χ1n) is 5.12. The zero-order valence-corrected chi connectivity index (χ0v) is 10.7. The standard InChI is InChI=1S/C11H11Cl2F3O2/c12-8-4-7(6-17)10(9(13)5-8)18-3-1-2-11(14,15)16/h4-5,17H,1-3,6H2. The van der Waals surface area contributed by atoms with E-state index in [4.69, 9.17) is 33.0 Å². The van der Waals surface area contributed by atoms with Crippen molar-refractivity contribution in [2.24, 2.45) is 0 Å². The van der Waals surface area contributed by atoms with Gasteiger partial charge in [-0.05, 0) is 18.6 Å². The average Bonchev–Trinajstić information content (AvgIpc) is 2.24. The van der Waals surface area contributed by atoms with E-state index in [9.17, 15) is 13.2 Å². The van der Waals surface area contributed by atoms with E-state index in [-0.39, 0.29) is 30.4 Å². The SMILES string of the molecule is OCc1cc(Cl)cc(Cl)c1OCCCC(F)(F)F. The summed E-state index contributed by atoms with van der Waals surface area (Å²) >= 11 is 11.6. The predicted octanol–water partition coefficient (Wildman–Crippen LogP) is 4.21. The minimum Gasteiger partial charge on any atom is -0.492 e. The first-order chi connectivity index (χ1) is 8.33. The minimum absolute atomic E-state index is 0.131. The minimum atomic E-state index is -4.20. The fourth-order valence-corrected chi connectivity index (χ4v) is 1.93. The van der Waals surface area contributed by atoms with Crippen molar-refractivity contribution in [3.63, 3.8) is 0 Å². The Morgan fingerprint density at radius 1 is 1.22 bits per heavy atom. The summed E-state index contributed by atoms with van der Waals surface area (Å²) in [6, 6.07) is 2.86. The molecule has 0 saturated heterocycles. The van der Waals surface area contributed by atoms with Crippen LogP contribution >= 0.6 is 23.2 Å². The quantitative estimate of drug-likeness (QED) is 0.826. The molecular formula is C11H11Cl2F3O2. The van der Waals surface area contributed by atoms with Gasteiger partial charge in [-0.3, -0.25) is 0 Å². The molecule has 0 spiro atoms. The molecule has 0 saturated carbocycles. The van der Waals surface area contributed by atoms with Crippen LogP contribution < -0.4 is 4.74 Å². The number of alkyl halides is 3. The number of hydrogen-bond donors (Lipinski definition) is 1. The molecule has 1 N–H and O–H groups in total. The smallest absolute Gasteiger partial charge is 0.389 e. The summed E-state index contributed by atoms with van der Waals surface area (Å²) in [6.07, 6.45) is -5.30. The third kappa shape index (κ3) is 4.92. The highest BCUT2D eigenvalue weighted by atomic mass is 35.5. The Bertz CT molecular complexity index is 408. The van der Waals surface area contributed by atoms with Crippen LogP contribution in [0.25, 0.3) is 0 Å². The van der Waals surface area contributed by atoms with Crippen molar-refractivity contribution in [3.05, 3.63) is 27.7 Å². The normalized spacial score (nSPS) is 11.7. The van der Waals surface area contributed by atoms with E-state index in [2.05, 4.69) is 0 Å². The van der Waals surface area contributed by atoms with Gasteiger partial charge in [-0.15, -0.1) is 0 Å². The third-order valence-electron chi connectivity index (χ3n) is 2.11. The van der Waals surface area contributed by atoms with Crippen LogP contribution in [0.3, 0.4) is 0 Å². The van der Waals surface area contributed by atoms with Crippen molar-refractivity contribution < 1.29 is 23.0 Å². The molecule has 7 heteroatoms. The topological polar surface area (TPSA) is 29.5 Å². The van der Waals surface area contributed by atoms with E-state index < -0.39 is 12.6 Å². The lowest BCUT2D eigenvalue weighted by Crippen LogP contribution is -2.10. The van der Waals surface area contributed by atoms with Crippen molar-refractivity contribution in [1.82, 2.24) is 0 Å². The van der Waals surface area contributed by atoms with E-state index >= 15 is 0 Å². The fraction of sp³-hybridized carbons (Fsp3) is 0.455. The molecule has 0 unspecified atom stereocenters. The van der Waals surface area contributed by atoms with Gasteiger partial charge in [-0.25, -0.2) is 0 Å². The number of halogens is 5. The molecule has 1 rings (SSSR count). The molecule has 1 aromatic carbocycles. The molecule has 0 aliphatic carbocycles. The predicted molar refractivity (Wildman–Crippen MR) is 63.2 cm³/mol. The Hall–Kier alpha value is -0.650. The average molecular weight is 303 g/mol. The molecule has 102 valence electrons. The van der Waals surface area contributed by atoms with Gasteiger partial charge in [0.05, 0.1) is 18.2 Å². The molecule has 0 heterocycles. The third-order valence-corrected chi connectivity index (χ3v) is 2.61. The fourth-order valence-electron chi connectivity index (χ4n) is 1.34. The molecular weight excluding hydrogens is 292 g/mol. The number of aliphatic hydroxyl groups excluding tert-OH is 1. The maximum atomic E-state index is 11.9. The summed E-state index contributed by atoms with van der Waals surface area (Å²) in [6.45, 7) is -0.483. The Balaban J connectivity index is 2.62. The van der Waals surface area contributed by atoms with Crippen molar-refractivity contribution in [2.75, 3.05) is 6.61 Å². The summed E-state index contributed by atoms with van der Waals surface area (Å²) in [7, 11) is 0. The molecule has 18 heavy (non-hydrogen) atoms. The summed E-state index contributed by atoms with van der Waals surface area (Å²) in [5, 5.41) is 9.57. The van der Waals surface area contributed by atoms with Crippen molar-refractivity contribution in [2.45, 2.75) is 25.6 Å². The van der Waals surface area contributed by atoms with Crippen molar-refractivity contribution in [3.8, 4) is 5.75 Å².